The Labute approximate surface area is 218 Å². The fourth-order valence-electron chi connectivity index (χ4n) is 5.29. The fourth-order valence-corrected chi connectivity index (χ4v) is 5.29. The summed E-state index contributed by atoms with van der Waals surface area (Å²) in [5, 5.41) is 6.98. The molecule has 0 saturated heterocycles. The highest BCUT2D eigenvalue weighted by molar-refractivity contribution is 6.21. The highest BCUT2D eigenvalue weighted by Crippen LogP contribution is 2.44. The molecule has 0 N–H and O–H groups in total. The van der Waals surface area contributed by atoms with Crippen LogP contribution in [-0.2, 0) is 0 Å². The van der Waals surface area contributed by atoms with Gasteiger partial charge in [0.2, 0.25) is 0 Å². The van der Waals surface area contributed by atoms with Gasteiger partial charge in [0.05, 0.1) is 6.85 Å². The van der Waals surface area contributed by atoms with Gasteiger partial charge in [0, 0.05) is 0 Å². The zero-order valence-electron chi connectivity index (χ0n) is 24.5. The zero-order chi connectivity index (χ0) is 28.2. The molecule has 0 heteroatoms. The normalized spacial score (nSPS) is 13.3. The summed E-state index contributed by atoms with van der Waals surface area (Å²) in [6, 6.07) is 38.2. The third-order valence-electron chi connectivity index (χ3n) is 6.93. The van der Waals surface area contributed by atoms with Gasteiger partial charge in [-0.1, -0.05) is 139 Å². The molecule has 0 unspecified atom stereocenters. The molecule has 7 rings (SSSR count). The maximum absolute atomic E-state index is 8.39. The van der Waals surface area contributed by atoms with E-state index < -0.39 is 0 Å². The van der Waals surface area contributed by atoms with E-state index in [1.807, 2.05) is 24.3 Å². The molecule has 0 radical (unpaired) electrons. The Bertz CT molecular complexity index is 2060. The summed E-state index contributed by atoms with van der Waals surface area (Å²) in [5.74, 6) is 0. The minimum absolute atomic E-state index is 0.195. The summed E-state index contributed by atoms with van der Waals surface area (Å²) in [7, 11) is 0. The van der Waals surface area contributed by atoms with E-state index in [9.17, 15) is 0 Å². The smallest absolute Gasteiger partial charge is 0.0622 e. The molecule has 0 aliphatic rings. The second-order valence-electron chi connectivity index (χ2n) is 8.98. The van der Waals surface area contributed by atoms with Gasteiger partial charge in [-0.25, -0.2) is 0 Å². The van der Waals surface area contributed by atoms with Crippen molar-refractivity contribution in [2.75, 3.05) is 0 Å². The summed E-state index contributed by atoms with van der Waals surface area (Å²) in [5.41, 5.74) is 5.27. The highest BCUT2D eigenvalue weighted by atomic mass is 14.2. The summed E-state index contributed by atoms with van der Waals surface area (Å²) in [6.45, 7) is 0. The molecule has 36 heavy (non-hydrogen) atoms. The van der Waals surface area contributed by atoms with E-state index in [1.54, 1.807) is 0 Å². The van der Waals surface area contributed by atoms with Crippen LogP contribution in [0.1, 0.15) is 6.85 Å². The fraction of sp³-hybridized carbons (Fsp3) is 0. The van der Waals surface area contributed by atoms with E-state index >= 15 is 0 Å². The summed E-state index contributed by atoms with van der Waals surface area (Å²) in [6.07, 6.45) is 0. The van der Waals surface area contributed by atoms with Gasteiger partial charge < -0.3 is 0 Å². The lowest BCUT2D eigenvalue weighted by Crippen LogP contribution is -1.91. The van der Waals surface area contributed by atoms with Crippen molar-refractivity contribution in [2.45, 2.75) is 0 Å². The van der Waals surface area contributed by atoms with Crippen molar-refractivity contribution in [1.82, 2.24) is 0 Å². The highest BCUT2D eigenvalue weighted by Gasteiger charge is 2.16. The van der Waals surface area contributed by atoms with Gasteiger partial charge in [-0.05, 0) is 71.8 Å². The van der Waals surface area contributed by atoms with Crippen molar-refractivity contribution in [3.63, 3.8) is 0 Å². The number of hydrogen-bond donors (Lipinski definition) is 0. The number of fused-ring (bicyclic) bond motifs is 3. The second-order valence-corrected chi connectivity index (χ2v) is 8.98. The first kappa shape index (κ1) is 16.1. The first-order valence-corrected chi connectivity index (χ1v) is 12.0. The molecule has 0 heterocycles. The zero-order valence-corrected chi connectivity index (χ0v) is 19.5. The third kappa shape index (κ3) is 3.39. The van der Waals surface area contributed by atoms with Gasteiger partial charge in [-0.2, -0.15) is 0 Å². The van der Waals surface area contributed by atoms with E-state index in [2.05, 4.69) is 91.0 Å². The Balaban J connectivity index is 1.47. The topological polar surface area (TPSA) is 0 Å². The van der Waals surface area contributed by atoms with Crippen LogP contribution < -0.4 is 0 Å². The van der Waals surface area contributed by atoms with Crippen molar-refractivity contribution in [2.24, 2.45) is 0 Å². The van der Waals surface area contributed by atoms with Crippen molar-refractivity contribution in [3.8, 4) is 33.4 Å². The Hall–Kier alpha value is -4.68. The Morgan fingerprint density at radius 3 is 1.44 bits per heavy atom. The molecular weight excluding hydrogens is 432 g/mol. The van der Waals surface area contributed by atoms with Gasteiger partial charge in [0.25, 0.3) is 0 Å². The predicted molar refractivity (Wildman–Crippen MR) is 155 cm³/mol. The average molecular weight is 462 g/mol. The lowest BCUT2D eigenvalue weighted by molar-refractivity contribution is 1.61. The van der Waals surface area contributed by atoms with E-state index in [1.165, 1.54) is 21.9 Å². The monoisotopic (exact) mass is 461 g/mol. The lowest BCUT2D eigenvalue weighted by Gasteiger charge is -2.18. The quantitative estimate of drug-likeness (QED) is 0.230. The van der Waals surface area contributed by atoms with Gasteiger partial charge in [-0.3, -0.25) is 0 Å². The van der Waals surface area contributed by atoms with Crippen LogP contribution in [0.15, 0.2) is 145 Å². The average Bonchev–Trinajstić information content (AvgIpc) is 3.02. The molecule has 0 aromatic heterocycles. The number of hydrogen-bond acceptors (Lipinski definition) is 0. The van der Waals surface area contributed by atoms with E-state index in [4.69, 9.17) is 6.85 Å². The van der Waals surface area contributed by atoms with Crippen LogP contribution in [0.4, 0.5) is 0 Å². The number of benzene rings is 7. The van der Waals surface area contributed by atoms with Crippen LogP contribution in [0.2, 0.25) is 0 Å². The third-order valence-corrected chi connectivity index (χ3v) is 6.93. The Morgan fingerprint density at radius 2 is 0.833 bits per heavy atom. The van der Waals surface area contributed by atoms with Crippen LogP contribution in [0.25, 0.3) is 65.7 Å². The molecule has 0 fully saturated rings. The SMILES string of the molecule is [2H]c1c([2H])c([2H])c(-c2ccc(-c3c4ccccc4c(-c4ccc5ccccc5c4)c4ccccc34)cc2)c([2H])c1[2H]. The first-order chi connectivity index (χ1) is 19.9. The van der Waals surface area contributed by atoms with Gasteiger partial charge in [0.1, 0.15) is 0 Å². The molecule has 0 nitrogen and oxygen atoms in total. The molecule has 0 bridgehead atoms. The first-order valence-electron chi connectivity index (χ1n) is 14.5. The lowest BCUT2D eigenvalue weighted by atomic mass is 9.85. The largest absolute Gasteiger partial charge is 0.0629 e. The van der Waals surface area contributed by atoms with Gasteiger partial charge in [0.15, 0.2) is 0 Å². The standard InChI is InChI=1S/C36H24/c1-2-10-25(11-3-1)27-18-21-28(22-19-27)35-31-14-6-8-16-33(31)36(34-17-9-7-15-32(34)35)30-23-20-26-12-4-5-13-29(26)24-30/h1-24H/i1D,2D,3D,10D,11D. The van der Waals surface area contributed by atoms with Crippen molar-refractivity contribution in [3.05, 3.63) is 145 Å². The van der Waals surface area contributed by atoms with E-state index in [0.29, 0.717) is 5.56 Å². The van der Waals surface area contributed by atoms with Crippen LogP contribution >= 0.6 is 0 Å². The molecule has 7 aromatic carbocycles. The maximum Gasteiger partial charge on any atom is 0.0629 e. The minimum atomic E-state index is -0.384. The van der Waals surface area contributed by atoms with E-state index in [0.717, 1.165) is 32.7 Å². The number of rotatable bonds is 3. The van der Waals surface area contributed by atoms with Crippen LogP contribution in [0.5, 0.6) is 0 Å². The summed E-state index contributed by atoms with van der Waals surface area (Å²) < 4.78 is 40.8. The van der Waals surface area contributed by atoms with Crippen molar-refractivity contribution >= 4 is 32.3 Å². The van der Waals surface area contributed by atoms with E-state index in [-0.39, 0.29) is 35.8 Å². The molecule has 7 aromatic rings. The molecule has 0 saturated carbocycles. The minimum Gasteiger partial charge on any atom is -0.0622 e. The maximum atomic E-state index is 8.39. The summed E-state index contributed by atoms with van der Waals surface area (Å²) in [4.78, 5) is 0. The van der Waals surface area contributed by atoms with Crippen LogP contribution in [0, 0.1) is 0 Å². The second kappa shape index (κ2) is 8.52. The van der Waals surface area contributed by atoms with Crippen molar-refractivity contribution in [1.29, 1.82) is 0 Å². The molecule has 0 atom stereocenters. The van der Waals surface area contributed by atoms with Gasteiger partial charge >= 0.3 is 0 Å². The van der Waals surface area contributed by atoms with Crippen LogP contribution in [-0.4, -0.2) is 0 Å². The summed E-state index contributed by atoms with van der Waals surface area (Å²) >= 11 is 0. The molecule has 0 amide bonds. The Kier molecular flexibility index (Phi) is 3.80. The van der Waals surface area contributed by atoms with Crippen LogP contribution in [0.3, 0.4) is 0 Å². The molecule has 0 aliphatic heterocycles. The molecule has 168 valence electrons. The Morgan fingerprint density at radius 1 is 0.361 bits per heavy atom. The predicted octanol–water partition coefficient (Wildman–Crippen LogP) is 10.1. The molecular formula is C36H24. The van der Waals surface area contributed by atoms with Gasteiger partial charge in [-0.15, -0.1) is 0 Å². The molecule has 0 aliphatic carbocycles. The molecule has 0 spiro atoms. The van der Waals surface area contributed by atoms with Crippen molar-refractivity contribution < 1.29 is 6.85 Å².